The lowest BCUT2D eigenvalue weighted by molar-refractivity contribution is -0.125. The zero-order valence-electron chi connectivity index (χ0n) is 22.4. The minimum atomic E-state index is -1.15. The van der Waals surface area contributed by atoms with Crippen LogP contribution >= 0.6 is 0 Å². The second-order valence-electron chi connectivity index (χ2n) is 9.55. The van der Waals surface area contributed by atoms with Gasteiger partial charge in [-0.05, 0) is 43.2 Å². The Balaban J connectivity index is 1.24. The number of aromatic nitrogens is 5. The molecule has 1 aromatic carbocycles. The Morgan fingerprint density at radius 2 is 2.08 bits per heavy atom. The van der Waals surface area contributed by atoms with Gasteiger partial charge in [-0.15, -0.1) is 0 Å². The Hall–Kier alpha value is -4.78. The first kappa shape index (κ1) is 26.8. The number of aliphatic hydroxyl groups excluding tert-OH is 1. The monoisotopic (exact) mass is 548 g/mol. The van der Waals surface area contributed by atoms with E-state index in [1.165, 1.54) is 34.8 Å². The topological polar surface area (TPSA) is 139 Å². The number of nitrogens with one attached hydrogen (secondary N) is 2. The average molecular weight is 549 g/mol. The Bertz CT molecular complexity index is 1580. The highest BCUT2D eigenvalue weighted by Crippen LogP contribution is 2.30. The maximum Gasteiger partial charge on any atom is 0.329 e. The summed E-state index contributed by atoms with van der Waals surface area (Å²) in [5, 5.41) is 20.3. The van der Waals surface area contributed by atoms with Gasteiger partial charge in [-0.1, -0.05) is 0 Å². The molecule has 3 aromatic heterocycles. The number of carbonyl (C=O) groups excluding carboxylic acids is 2. The zero-order valence-corrected chi connectivity index (χ0v) is 22.4. The van der Waals surface area contributed by atoms with Crippen LogP contribution in [0.2, 0.25) is 0 Å². The van der Waals surface area contributed by atoms with Crippen molar-refractivity contribution in [2.24, 2.45) is 7.05 Å². The van der Waals surface area contributed by atoms with Crippen molar-refractivity contribution in [1.82, 2.24) is 34.5 Å². The molecule has 0 spiro atoms. The van der Waals surface area contributed by atoms with Crippen LogP contribution in [0.5, 0.6) is 5.75 Å². The van der Waals surface area contributed by atoms with E-state index in [9.17, 15) is 19.1 Å². The highest BCUT2D eigenvalue weighted by Gasteiger charge is 2.34. The van der Waals surface area contributed by atoms with Crippen molar-refractivity contribution >= 4 is 23.7 Å². The molecule has 40 heavy (non-hydrogen) atoms. The van der Waals surface area contributed by atoms with Crippen molar-refractivity contribution in [2.45, 2.75) is 32.5 Å². The molecule has 1 aliphatic rings. The molecule has 0 saturated heterocycles. The number of nitrogens with zero attached hydrogens (tertiary/aromatic N) is 6. The lowest BCUT2D eigenvalue weighted by Gasteiger charge is -2.23. The van der Waals surface area contributed by atoms with E-state index in [1.54, 1.807) is 43.3 Å². The van der Waals surface area contributed by atoms with Gasteiger partial charge in [-0.25, -0.2) is 19.2 Å². The number of aliphatic hydroxyl groups is 1. The second-order valence-corrected chi connectivity index (χ2v) is 9.55. The summed E-state index contributed by atoms with van der Waals surface area (Å²) in [6.45, 7) is 3.57. The minimum absolute atomic E-state index is 0.156. The molecule has 4 aromatic rings. The molecule has 2 atom stereocenters. The summed E-state index contributed by atoms with van der Waals surface area (Å²) in [6.07, 6.45) is 3.92. The van der Waals surface area contributed by atoms with Gasteiger partial charge in [-0.3, -0.25) is 14.0 Å². The lowest BCUT2D eigenvalue weighted by atomic mass is 10.1. The van der Waals surface area contributed by atoms with Crippen molar-refractivity contribution in [3.05, 3.63) is 71.6 Å². The van der Waals surface area contributed by atoms with E-state index in [0.717, 1.165) is 16.9 Å². The van der Waals surface area contributed by atoms with Crippen LogP contribution in [0, 0.1) is 12.7 Å². The Kier molecular flexibility index (Phi) is 7.22. The fourth-order valence-corrected chi connectivity index (χ4v) is 4.53. The Morgan fingerprint density at radius 3 is 2.77 bits per heavy atom. The molecular formula is C27H29FN8O4. The van der Waals surface area contributed by atoms with Crippen LogP contribution in [0.15, 0.2) is 48.9 Å². The second kappa shape index (κ2) is 10.8. The number of ether oxygens (including phenoxy) is 1. The van der Waals surface area contributed by atoms with Crippen molar-refractivity contribution in [3.8, 4) is 17.0 Å². The van der Waals surface area contributed by atoms with Gasteiger partial charge in [0.05, 0.1) is 31.6 Å². The standard InChI is InChI=1S/C27H29FN8O4/c1-15-11-30-26(32-23-5-6-31-34(23)3)33-24(15)18-8-20-14-35(27(39)36(20)13-18)16(2)25(38)29-12-22(37)17-7-19(28)10-21(9-17)40-4/h5-11,13,16,22,37H,12,14H2,1-4H3,(H,29,38)(H,30,32,33)/t16-,22-/m1/s1. The third kappa shape index (κ3) is 5.23. The number of amides is 2. The summed E-state index contributed by atoms with van der Waals surface area (Å²) in [5.41, 5.74) is 3.25. The third-order valence-electron chi connectivity index (χ3n) is 6.82. The number of benzene rings is 1. The third-order valence-corrected chi connectivity index (χ3v) is 6.82. The van der Waals surface area contributed by atoms with Crippen LogP contribution < -0.4 is 15.4 Å². The molecule has 3 N–H and O–H groups in total. The Morgan fingerprint density at radius 1 is 1.27 bits per heavy atom. The maximum atomic E-state index is 13.8. The van der Waals surface area contributed by atoms with E-state index < -0.39 is 23.9 Å². The number of anilines is 2. The molecule has 208 valence electrons. The largest absolute Gasteiger partial charge is 0.497 e. The van der Waals surface area contributed by atoms with Crippen molar-refractivity contribution in [1.29, 1.82) is 0 Å². The van der Waals surface area contributed by atoms with E-state index in [4.69, 9.17) is 4.74 Å². The first-order chi connectivity index (χ1) is 19.1. The zero-order chi connectivity index (χ0) is 28.6. The fraction of sp³-hybridized carbons (Fsp3) is 0.296. The number of rotatable bonds is 9. The van der Waals surface area contributed by atoms with Gasteiger partial charge in [0.1, 0.15) is 23.4 Å². The number of hydrogen-bond donors (Lipinski definition) is 3. The molecule has 0 aliphatic carbocycles. The molecule has 0 unspecified atom stereocenters. The summed E-state index contributed by atoms with van der Waals surface area (Å²) in [7, 11) is 3.20. The highest BCUT2D eigenvalue weighted by atomic mass is 19.1. The molecule has 13 heteroatoms. The molecule has 2 amide bonds. The summed E-state index contributed by atoms with van der Waals surface area (Å²) < 4.78 is 22.0. The molecule has 0 bridgehead atoms. The molecule has 0 radical (unpaired) electrons. The number of carbonyl (C=O) groups is 2. The van der Waals surface area contributed by atoms with E-state index in [-0.39, 0.29) is 30.4 Å². The van der Waals surface area contributed by atoms with Crippen LogP contribution in [-0.4, -0.2) is 66.0 Å². The van der Waals surface area contributed by atoms with E-state index in [2.05, 4.69) is 25.7 Å². The molecule has 1 aliphatic heterocycles. The quantitative estimate of drug-likeness (QED) is 0.290. The van der Waals surface area contributed by atoms with Gasteiger partial charge in [-0.2, -0.15) is 5.10 Å². The van der Waals surface area contributed by atoms with Gasteiger partial charge in [0.25, 0.3) is 0 Å². The highest BCUT2D eigenvalue weighted by molar-refractivity contribution is 5.90. The van der Waals surface area contributed by atoms with Gasteiger partial charge in [0, 0.05) is 49.4 Å². The van der Waals surface area contributed by atoms with Crippen molar-refractivity contribution in [3.63, 3.8) is 0 Å². The Labute approximate surface area is 229 Å². The van der Waals surface area contributed by atoms with Crippen LogP contribution in [0.1, 0.15) is 29.8 Å². The van der Waals surface area contributed by atoms with Crippen LogP contribution in [0.3, 0.4) is 0 Å². The van der Waals surface area contributed by atoms with E-state index >= 15 is 0 Å². The normalized spacial score (nSPS) is 14.2. The van der Waals surface area contributed by atoms with Gasteiger partial charge in [0.2, 0.25) is 11.9 Å². The van der Waals surface area contributed by atoms with Gasteiger partial charge in [0.15, 0.2) is 0 Å². The first-order valence-corrected chi connectivity index (χ1v) is 12.6. The van der Waals surface area contributed by atoms with Gasteiger partial charge >= 0.3 is 6.03 Å². The molecular weight excluding hydrogens is 519 g/mol. The molecule has 0 fully saturated rings. The predicted molar refractivity (Wildman–Crippen MR) is 143 cm³/mol. The average Bonchev–Trinajstić information content (AvgIpc) is 3.63. The molecule has 4 heterocycles. The number of fused-ring (bicyclic) bond motifs is 1. The number of halogens is 1. The number of aryl methyl sites for hydroxylation is 2. The summed E-state index contributed by atoms with van der Waals surface area (Å²) >= 11 is 0. The van der Waals surface area contributed by atoms with E-state index in [1.807, 2.05) is 13.0 Å². The molecule has 0 saturated carbocycles. The van der Waals surface area contributed by atoms with Crippen LogP contribution in [0.25, 0.3) is 11.3 Å². The van der Waals surface area contributed by atoms with Crippen molar-refractivity contribution in [2.75, 3.05) is 19.0 Å². The smallest absolute Gasteiger partial charge is 0.329 e. The summed E-state index contributed by atoms with van der Waals surface area (Å²) in [5.74, 6) is 0.383. The fourth-order valence-electron chi connectivity index (χ4n) is 4.53. The van der Waals surface area contributed by atoms with Crippen LogP contribution in [-0.2, 0) is 18.4 Å². The SMILES string of the molecule is COc1cc(F)cc([C@H](O)CNC(=O)[C@@H](C)N2Cc3cc(-c4nc(Nc5ccnn5C)ncc4C)cn3C2=O)c1. The number of hydrogen-bond acceptors (Lipinski definition) is 8. The first-order valence-electron chi connectivity index (χ1n) is 12.6. The summed E-state index contributed by atoms with van der Waals surface area (Å²) in [4.78, 5) is 36.5. The number of methoxy groups -OCH3 is 1. The lowest BCUT2D eigenvalue weighted by Crippen LogP contribution is -2.46. The van der Waals surface area contributed by atoms with E-state index in [0.29, 0.717) is 17.3 Å². The van der Waals surface area contributed by atoms with Gasteiger partial charge < -0.3 is 25.4 Å². The summed E-state index contributed by atoms with van der Waals surface area (Å²) in [6, 6.07) is 6.39. The minimum Gasteiger partial charge on any atom is -0.497 e. The predicted octanol–water partition coefficient (Wildman–Crippen LogP) is 2.90. The van der Waals surface area contributed by atoms with Crippen molar-refractivity contribution < 1.29 is 23.8 Å². The maximum absolute atomic E-state index is 13.8. The molecule has 5 rings (SSSR count). The van der Waals surface area contributed by atoms with Crippen LogP contribution in [0.4, 0.5) is 21.0 Å². The molecule has 12 nitrogen and oxygen atoms in total.